The first kappa shape index (κ1) is 12.8. The van der Waals surface area contributed by atoms with Gasteiger partial charge in [-0.05, 0) is 6.54 Å². The number of alkyl halides is 3. The number of oxazole rings is 1. The molecule has 1 rings (SSSR count). The van der Waals surface area contributed by atoms with Crippen molar-refractivity contribution in [1.29, 1.82) is 0 Å². The molecule has 0 aromatic carbocycles. The van der Waals surface area contributed by atoms with Gasteiger partial charge in [-0.25, -0.2) is 0 Å². The Labute approximate surface area is 90.8 Å². The van der Waals surface area contributed by atoms with Crippen LogP contribution in [0.5, 0.6) is 6.08 Å². The third kappa shape index (κ3) is 5.01. The number of aromatic nitrogens is 1. The van der Waals surface area contributed by atoms with Gasteiger partial charge in [-0.3, -0.25) is 0 Å². The van der Waals surface area contributed by atoms with Crippen molar-refractivity contribution in [2.45, 2.75) is 26.1 Å². The van der Waals surface area contributed by atoms with Crippen LogP contribution < -0.4 is 10.1 Å². The van der Waals surface area contributed by atoms with Crippen molar-refractivity contribution in [3.05, 3.63) is 12.0 Å². The number of nitrogens with one attached hydrogen (secondary N) is 1. The lowest BCUT2D eigenvalue weighted by molar-refractivity contribution is -0.140. The van der Waals surface area contributed by atoms with E-state index < -0.39 is 19.2 Å². The average Bonchev–Trinajstić information content (AvgIpc) is 2.61. The molecule has 0 amide bonds. The molecule has 1 aromatic heterocycles. The zero-order chi connectivity index (χ0) is 12.0. The molecule has 92 valence electrons. The van der Waals surface area contributed by atoms with Gasteiger partial charge in [0.15, 0.2) is 0 Å². The van der Waals surface area contributed by atoms with Crippen molar-refractivity contribution in [3.8, 4) is 6.08 Å². The van der Waals surface area contributed by atoms with Crippen LogP contribution in [0.15, 0.2) is 10.7 Å². The highest BCUT2D eigenvalue weighted by Crippen LogP contribution is 2.20. The molecule has 0 saturated heterocycles. The minimum Gasteiger partial charge on any atom is -0.450 e. The first-order valence-corrected chi connectivity index (χ1v) is 4.86. The Bertz CT molecular complexity index is 312. The maximum absolute atomic E-state index is 11.8. The Morgan fingerprint density at radius 3 is 2.88 bits per heavy atom. The van der Waals surface area contributed by atoms with Gasteiger partial charge in [0, 0.05) is 6.54 Å². The molecule has 1 heterocycles. The summed E-state index contributed by atoms with van der Waals surface area (Å²) in [5.74, 6) is 0. The van der Waals surface area contributed by atoms with Crippen molar-refractivity contribution in [3.63, 3.8) is 0 Å². The zero-order valence-electron chi connectivity index (χ0n) is 8.80. The minimum atomic E-state index is -4.22. The van der Waals surface area contributed by atoms with E-state index in [2.05, 4.69) is 10.3 Å². The summed E-state index contributed by atoms with van der Waals surface area (Å²) in [5, 5.41) is 3.00. The molecule has 0 aliphatic carbocycles. The third-order valence-electron chi connectivity index (χ3n) is 1.70. The summed E-state index contributed by atoms with van der Waals surface area (Å²) in [6.07, 6.45) is -4.01. The summed E-state index contributed by atoms with van der Waals surface area (Å²) >= 11 is 0. The molecule has 7 heteroatoms. The summed E-state index contributed by atoms with van der Waals surface area (Å²) in [4.78, 5) is 3.85. The van der Waals surface area contributed by atoms with E-state index in [0.717, 1.165) is 6.54 Å². The van der Waals surface area contributed by atoms with E-state index in [4.69, 9.17) is 9.15 Å². The Morgan fingerprint density at radius 2 is 2.25 bits per heavy atom. The summed E-state index contributed by atoms with van der Waals surface area (Å²) < 4.78 is 44.9. The van der Waals surface area contributed by atoms with Crippen LogP contribution in [0.1, 0.15) is 19.0 Å². The normalized spacial score (nSPS) is 11.8. The van der Waals surface area contributed by atoms with Crippen LogP contribution in [0.25, 0.3) is 0 Å². The lowest BCUT2D eigenvalue weighted by Crippen LogP contribution is -2.13. The van der Waals surface area contributed by atoms with Crippen LogP contribution in [0.2, 0.25) is 0 Å². The number of halogens is 3. The van der Waals surface area contributed by atoms with Crippen LogP contribution in [0.3, 0.4) is 0 Å². The quantitative estimate of drug-likeness (QED) is 0.824. The Hall–Kier alpha value is -1.24. The summed E-state index contributed by atoms with van der Waals surface area (Å²) in [5.41, 5.74) is 0.601. The Kier molecular flexibility index (Phi) is 4.60. The fraction of sp³-hybridized carbons (Fsp3) is 0.667. The topological polar surface area (TPSA) is 47.3 Å². The van der Waals surface area contributed by atoms with Gasteiger partial charge in [-0.1, -0.05) is 6.92 Å². The van der Waals surface area contributed by atoms with Crippen molar-refractivity contribution >= 4 is 0 Å². The molecule has 1 N–H and O–H groups in total. The number of nitrogens with zero attached hydrogens (tertiary/aromatic N) is 1. The van der Waals surface area contributed by atoms with Crippen LogP contribution in [-0.2, 0) is 6.54 Å². The lowest BCUT2D eigenvalue weighted by atomic mass is 10.4. The van der Waals surface area contributed by atoms with Crippen molar-refractivity contribution in [1.82, 2.24) is 10.3 Å². The minimum absolute atomic E-state index is 0.128. The number of rotatable bonds is 6. The Balaban J connectivity index is 2.29. The van der Waals surface area contributed by atoms with Crippen molar-refractivity contribution < 1.29 is 22.3 Å². The molecular formula is C9H13F3N2O2. The molecule has 0 radical (unpaired) electrons. The van der Waals surface area contributed by atoms with Gasteiger partial charge in [0.1, 0.15) is 12.9 Å². The van der Waals surface area contributed by atoms with Crippen molar-refractivity contribution in [2.75, 3.05) is 13.2 Å². The second kappa shape index (κ2) is 5.74. The monoisotopic (exact) mass is 238 g/mol. The number of hydrogen-bond acceptors (Lipinski definition) is 4. The van der Waals surface area contributed by atoms with Gasteiger partial charge in [0.25, 0.3) is 0 Å². The van der Waals surface area contributed by atoms with Crippen LogP contribution in [0, 0.1) is 0 Å². The Morgan fingerprint density at radius 1 is 1.50 bits per heavy atom. The first-order chi connectivity index (χ1) is 7.51. The number of hydrogen-bond donors (Lipinski definition) is 1. The molecule has 16 heavy (non-hydrogen) atoms. The maximum atomic E-state index is 11.8. The fourth-order valence-corrected chi connectivity index (χ4v) is 0.943. The lowest BCUT2D eigenvalue weighted by Gasteiger charge is -2.04. The predicted octanol–water partition coefficient (Wildman–Crippen LogP) is 2.12. The molecule has 0 aliphatic rings. The highest BCUT2D eigenvalue weighted by Gasteiger charge is 2.27. The van der Waals surface area contributed by atoms with Crippen LogP contribution in [-0.4, -0.2) is 24.3 Å². The summed E-state index contributed by atoms with van der Waals surface area (Å²) in [6, 6.07) is 0. The summed E-state index contributed by atoms with van der Waals surface area (Å²) in [7, 11) is 0. The molecule has 0 fully saturated rings. The fourth-order valence-electron chi connectivity index (χ4n) is 0.943. The van der Waals surface area contributed by atoms with Crippen LogP contribution in [0.4, 0.5) is 13.2 Å². The molecule has 0 aliphatic heterocycles. The van der Waals surface area contributed by atoms with Gasteiger partial charge in [-0.2, -0.15) is 18.2 Å². The van der Waals surface area contributed by atoms with E-state index >= 15 is 0 Å². The second-order valence-electron chi connectivity index (χ2n) is 3.10. The van der Waals surface area contributed by atoms with Gasteiger partial charge in [0.2, 0.25) is 0 Å². The molecule has 0 spiro atoms. The van der Waals surface area contributed by atoms with Gasteiger partial charge in [-0.15, -0.1) is 0 Å². The third-order valence-corrected chi connectivity index (χ3v) is 1.70. The molecule has 0 unspecified atom stereocenters. The zero-order valence-corrected chi connectivity index (χ0v) is 8.80. The number of ether oxygens (including phenoxy) is 1. The molecule has 0 bridgehead atoms. The average molecular weight is 238 g/mol. The maximum Gasteiger partial charge on any atom is 0.393 e. The smallest absolute Gasteiger partial charge is 0.393 e. The largest absolute Gasteiger partial charge is 0.450 e. The highest BCUT2D eigenvalue weighted by molar-refractivity contribution is 4.99. The molecular weight excluding hydrogens is 225 g/mol. The molecule has 0 atom stereocenters. The molecule has 0 saturated carbocycles. The predicted molar refractivity (Wildman–Crippen MR) is 50.1 cm³/mol. The molecule has 4 nitrogen and oxygen atoms in total. The molecule has 1 aromatic rings. The first-order valence-electron chi connectivity index (χ1n) is 4.86. The van der Waals surface area contributed by atoms with Crippen LogP contribution >= 0.6 is 0 Å². The van der Waals surface area contributed by atoms with Gasteiger partial charge < -0.3 is 14.5 Å². The summed E-state index contributed by atoms with van der Waals surface area (Å²) in [6.45, 7) is 2.73. The van der Waals surface area contributed by atoms with E-state index in [1.807, 2.05) is 6.92 Å². The standard InChI is InChI=1S/C9H13F3N2O2/c1-2-13-5-7-6-16-8(14-7)15-4-3-9(10,11)12/h6,13H,2-5H2,1H3. The van der Waals surface area contributed by atoms with E-state index in [-0.39, 0.29) is 6.08 Å². The van der Waals surface area contributed by atoms with E-state index in [1.165, 1.54) is 6.26 Å². The van der Waals surface area contributed by atoms with E-state index in [0.29, 0.717) is 12.2 Å². The van der Waals surface area contributed by atoms with E-state index in [9.17, 15) is 13.2 Å². The highest BCUT2D eigenvalue weighted by atomic mass is 19.4. The van der Waals surface area contributed by atoms with E-state index in [1.54, 1.807) is 0 Å². The second-order valence-corrected chi connectivity index (χ2v) is 3.10. The van der Waals surface area contributed by atoms with Gasteiger partial charge in [0.05, 0.1) is 12.1 Å². The SMILES string of the molecule is CCNCc1coc(OCCC(F)(F)F)n1. The van der Waals surface area contributed by atoms with Crippen molar-refractivity contribution in [2.24, 2.45) is 0 Å². The van der Waals surface area contributed by atoms with Gasteiger partial charge >= 0.3 is 12.3 Å².